The highest BCUT2D eigenvalue weighted by molar-refractivity contribution is 9.10. The molecule has 102 valence electrons. The lowest BCUT2D eigenvalue weighted by molar-refractivity contribution is 0.328. The van der Waals surface area contributed by atoms with Crippen LogP contribution in [0.5, 0.6) is 5.88 Å². The largest absolute Gasteiger partial charge is 0.476 e. The molecule has 0 aliphatic heterocycles. The summed E-state index contributed by atoms with van der Waals surface area (Å²) in [6.45, 7) is 3.17. The number of rotatable bonds is 5. The zero-order chi connectivity index (χ0) is 13.8. The van der Waals surface area contributed by atoms with Gasteiger partial charge in [0.05, 0.1) is 13.2 Å². The van der Waals surface area contributed by atoms with Gasteiger partial charge in [-0.1, -0.05) is 0 Å². The van der Waals surface area contributed by atoms with Gasteiger partial charge in [0, 0.05) is 21.8 Å². The van der Waals surface area contributed by atoms with Gasteiger partial charge in [-0.25, -0.2) is 4.98 Å². The van der Waals surface area contributed by atoms with E-state index in [0.717, 1.165) is 11.0 Å². The average molecular weight is 343 g/mol. The molecule has 2 aromatic rings. The number of hydrogen-bond donors (Lipinski definition) is 1. The summed E-state index contributed by atoms with van der Waals surface area (Å²) in [5, 5.41) is 2.05. The number of anilines is 2. The summed E-state index contributed by atoms with van der Waals surface area (Å²) in [5.41, 5.74) is 6.51. The van der Waals surface area contributed by atoms with Crippen LogP contribution in [-0.4, -0.2) is 23.6 Å². The summed E-state index contributed by atoms with van der Waals surface area (Å²) in [5.74, 6) is 1.12. The lowest BCUT2D eigenvalue weighted by atomic mass is 10.4. The van der Waals surface area contributed by atoms with E-state index >= 15 is 0 Å². The maximum atomic E-state index is 6.03. The zero-order valence-electron chi connectivity index (χ0n) is 10.8. The highest BCUT2D eigenvalue weighted by atomic mass is 79.9. The summed E-state index contributed by atoms with van der Waals surface area (Å²) >= 11 is 5.14. The Hall–Kier alpha value is -1.34. The molecule has 0 aliphatic carbocycles. The predicted octanol–water partition coefficient (Wildman–Crippen LogP) is 2.92. The van der Waals surface area contributed by atoms with Crippen molar-refractivity contribution >= 4 is 38.8 Å². The van der Waals surface area contributed by atoms with E-state index in [1.54, 1.807) is 11.3 Å². The molecule has 2 heterocycles. The third-order valence-electron chi connectivity index (χ3n) is 2.48. The van der Waals surface area contributed by atoms with Crippen LogP contribution in [0.25, 0.3) is 0 Å². The summed E-state index contributed by atoms with van der Waals surface area (Å²) in [6, 6.07) is 2.09. The fraction of sp³-hybridized carbons (Fsp3) is 0.333. The third-order valence-corrected chi connectivity index (χ3v) is 4.17. The fourth-order valence-electron chi connectivity index (χ4n) is 1.67. The van der Waals surface area contributed by atoms with Crippen LogP contribution in [0.2, 0.25) is 0 Å². The van der Waals surface area contributed by atoms with Crippen molar-refractivity contribution in [3.63, 3.8) is 0 Å². The van der Waals surface area contributed by atoms with Crippen LogP contribution in [0, 0.1) is 0 Å². The van der Waals surface area contributed by atoms with Gasteiger partial charge in [-0.3, -0.25) is 0 Å². The van der Waals surface area contributed by atoms with Gasteiger partial charge in [-0.15, -0.1) is 11.3 Å². The highest BCUT2D eigenvalue weighted by Crippen LogP contribution is 2.29. The van der Waals surface area contributed by atoms with E-state index in [0.29, 0.717) is 24.0 Å². The van der Waals surface area contributed by atoms with Crippen LogP contribution in [-0.2, 0) is 6.54 Å². The Morgan fingerprint density at radius 1 is 1.47 bits per heavy atom. The molecule has 5 nitrogen and oxygen atoms in total. The van der Waals surface area contributed by atoms with E-state index in [9.17, 15) is 0 Å². The van der Waals surface area contributed by atoms with E-state index < -0.39 is 0 Å². The van der Waals surface area contributed by atoms with E-state index in [4.69, 9.17) is 10.5 Å². The first kappa shape index (κ1) is 14.1. The molecule has 0 amide bonds. The molecule has 7 heteroatoms. The quantitative estimate of drug-likeness (QED) is 0.904. The van der Waals surface area contributed by atoms with Gasteiger partial charge >= 0.3 is 0 Å². The first-order valence-corrected chi connectivity index (χ1v) is 7.46. The van der Waals surface area contributed by atoms with Crippen LogP contribution < -0.4 is 15.4 Å². The van der Waals surface area contributed by atoms with E-state index in [2.05, 4.69) is 37.3 Å². The maximum absolute atomic E-state index is 6.03. The average Bonchev–Trinajstić information content (AvgIpc) is 2.77. The Bertz CT molecular complexity index is 560. The molecule has 0 bridgehead atoms. The van der Waals surface area contributed by atoms with Crippen LogP contribution in [0.3, 0.4) is 0 Å². The lowest BCUT2D eigenvalue weighted by Gasteiger charge is -2.19. The van der Waals surface area contributed by atoms with Crippen molar-refractivity contribution in [2.45, 2.75) is 13.5 Å². The van der Waals surface area contributed by atoms with Crippen molar-refractivity contribution in [1.29, 1.82) is 0 Å². The van der Waals surface area contributed by atoms with Crippen LogP contribution in [0.4, 0.5) is 11.5 Å². The summed E-state index contributed by atoms with van der Waals surface area (Å²) in [7, 11) is 1.95. The van der Waals surface area contributed by atoms with Gasteiger partial charge in [0.1, 0.15) is 12.0 Å². The van der Waals surface area contributed by atoms with Gasteiger partial charge in [-0.2, -0.15) is 4.98 Å². The van der Waals surface area contributed by atoms with Gasteiger partial charge in [0.15, 0.2) is 5.82 Å². The molecule has 0 spiro atoms. The molecular weight excluding hydrogens is 328 g/mol. The Labute approximate surface area is 124 Å². The maximum Gasteiger partial charge on any atom is 0.242 e. The first-order chi connectivity index (χ1) is 9.11. The van der Waals surface area contributed by atoms with Gasteiger partial charge < -0.3 is 15.4 Å². The second kappa shape index (κ2) is 6.21. The number of thiophene rings is 1. The number of halogens is 1. The summed E-state index contributed by atoms with van der Waals surface area (Å²) < 4.78 is 6.46. The third kappa shape index (κ3) is 3.36. The number of aromatic nitrogens is 2. The van der Waals surface area contributed by atoms with Crippen molar-refractivity contribution in [3.8, 4) is 5.88 Å². The summed E-state index contributed by atoms with van der Waals surface area (Å²) in [6.07, 6.45) is 1.47. The van der Waals surface area contributed by atoms with Crippen molar-refractivity contribution in [2.24, 2.45) is 0 Å². The molecule has 19 heavy (non-hydrogen) atoms. The van der Waals surface area contributed by atoms with Crippen LogP contribution in [0.1, 0.15) is 11.8 Å². The molecule has 0 saturated carbocycles. The van der Waals surface area contributed by atoms with E-state index in [-0.39, 0.29) is 0 Å². The standard InChI is InChI=1S/C12H15BrN4OS/c1-3-18-12-10(14)11(15-7-16-12)17(2)5-9-4-8(13)6-19-9/h4,6-7H,3,5,14H2,1-2H3. The number of ether oxygens (including phenoxy) is 1. The van der Waals surface area contributed by atoms with Gasteiger partial charge in [0.2, 0.25) is 5.88 Å². The topological polar surface area (TPSA) is 64.3 Å². The van der Waals surface area contributed by atoms with Crippen LogP contribution in [0.15, 0.2) is 22.2 Å². The smallest absolute Gasteiger partial charge is 0.242 e. The van der Waals surface area contributed by atoms with Crippen molar-refractivity contribution in [1.82, 2.24) is 9.97 Å². The predicted molar refractivity (Wildman–Crippen MR) is 81.7 cm³/mol. The second-order valence-corrected chi connectivity index (χ2v) is 5.85. The minimum absolute atomic E-state index is 0.437. The monoisotopic (exact) mass is 342 g/mol. The molecule has 0 unspecified atom stereocenters. The highest BCUT2D eigenvalue weighted by Gasteiger charge is 2.13. The molecule has 0 radical (unpaired) electrons. The molecule has 0 aromatic carbocycles. The lowest BCUT2D eigenvalue weighted by Crippen LogP contribution is -2.19. The first-order valence-electron chi connectivity index (χ1n) is 5.79. The van der Waals surface area contributed by atoms with Gasteiger partial charge in [-0.05, 0) is 28.9 Å². The minimum Gasteiger partial charge on any atom is -0.476 e. The fourth-order valence-corrected chi connectivity index (χ4v) is 3.18. The normalized spacial score (nSPS) is 10.5. The van der Waals surface area contributed by atoms with Crippen molar-refractivity contribution < 1.29 is 4.74 Å². The van der Waals surface area contributed by atoms with E-state index in [1.165, 1.54) is 11.2 Å². The second-order valence-electron chi connectivity index (χ2n) is 3.94. The Balaban J connectivity index is 2.18. The molecule has 0 atom stereocenters. The van der Waals surface area contributed by atoms with Crippen molar-refractivity contribution in [3.05, 3.63) is 27.1 Å². The SMILES string of the molecule is CCOc1ncnc(N(C)Cc2cc(Br)cs2)c1N. The zero-order valence-corrected chi connectivity index (χ0v) is 13.2. The van der Waals surface area contributed by atoms with Crippen LogP contribution >= 0.6 is 27.3 Å². The number of nitrogens with zero attached hydrogens (tertiary/aromatic N) is 3. The van der Waals surface area contributed by atoms with Gasteiger partial charge in [0.25, 0.3) is 0 Å². The summed E-state index contributed by atoms with van der Waals surface area (Å²) in [4.78, 5) is 11.5. The molecule has 0 aliphatic rings. The minimum atomic E-state index is 0.437. The number of nitrogen functional groups attached to an aromatic ring is 1. The molecule has 2 N–H and O–H groups in total. The molecular formula is C12H15BrN4OS. The Kier molecular flexibility index (Phi) is 4.60. The Morgan fingerprint density at radius 3 is 2.89 bits per heavy atom. The number of nitrogens with two attached hydrogens (primary N) is 1. The molecule has 2 aromatic heterocycles. The number of hydrogen-bond acceptors (Lipinski definition) is 6. The molecule has 2 rings (SSSR count). The van der Waals surface area contributed by atoms with E-state index in [1.807, 2.05) is 18.9 Å². The Morgan fingerprint density at radius 2 is 2.26 bits per heavy atom. The molecule has 0 fully saturated rings. The van der Waals surface area contributed by atoms with Crippen molar-refractivity contribution in [2.75, 3.05) is 24.3 Å². The molecule has 0 saturated heterocycles.